The first-order chi connectivity index (χ1) is 6.48. The highest BCUT2D eigenvalue weighted by atomic mass is 16.5. The number of rotatable bonds is 1. The number of cyclic esters (lactones) is 1. The summed E-state index contributed by atoms with van der Waals surface area (Å²) in [6.07, 6.45) is 2.97. The average molecular weight is 196 g/mol. The summed E-state index contributed by atoms with van der Waals surface area (Å²) < 4.78 is 4.85. The molecule has 3 nitrogen and oxygen atoms in total. The maximum atomic E-state index is 10.9. The van der Waals surface area contributed by atoms with Crippen molar-refractivity contribution in [1.82, 2.24) is 0 Å². The van der Waals surface area contributed by atoms with Crippen molar-refractivity contribution < 1.29 is 14.6 Å². The summed E-state index contributed by atoms with van der Waals surface area (Å²) in [7, 11) is 0. The molecule has 0 aromatic rings. The third-order valence-corrected chi connectivity index (χ3v) is 3.16. The second-order valence-corrected chi connectivity index (χ2v) is 5.07. The van der Waals surface area contributed by atoms with Crippen molar-refractivity contribution in [3.63, 3.8) is 0 Å². The lowest BCUT2D eigenvalue weighted by atomic mass is 9.88. The second kappa shape index (κ2) is 3.09. The number of esters is 1. The monoisotopic (exact) mass is 196 g/mol. The van der Waals surface area contributed by atoms with Crippen LogP contribution in [0.5, 0.6) is 0 Å². The van der Waals surface area contributed by atoms with Crippen molar-refractivity contribution >= 4 is 5.97 Å². The summed E-state index contributed by atoms with van der Waals surface area (Å²) in [6.45, 7) is 4.67. The lowest BCUT2D eigenvalue weighted by Gasteiger charge is -2.16. The predicted octanol–water partition coefficient (Wildman–Crippen LogP) is 1.27. The molecule has 78 valence electrons. The summed E-state index contributed by atoms with van der Waals surface area (Å²) in [5, 5.41) is 9.86. The van der Waals surface area contributed by atoms with Gasteiger partial charge in [-0.1, -0.05) is 13.8 Å². The van der Waals surface area contributed by atoms with Crippen LogP contribution in [0, 0.1) is 11.3 Å². The summed E-state index contributed by atoms with van der Waals surface area (Å²) in [6, 6.07) is 0. The zero-order valence-electron chi connectivity index (χ0n) is 8.62. The molecule has 1 saturated carbocycles. The molecular weight excluding hydrogens is 180 g/mol. The van der Waals surface area contributed by atoms with Gasteiger partial charge in [0.1, 0.15) is 6.61 Å². The van der Waals surface area contributed by atoms with E-state index >= 15 is 0 Å². The standard InChI is InChI=1S/C11H16O3/c1-11(2)4-8(9(12)5-11)7-3-10(13)14-6-7/h3,8-9,12H,4-6H2,1-2H3. The van der Waals surface area contributed by atoms with E-state index in [-0.39, 0.29) is 23.4 Å². The van der Waals surface area contributed by atoms with Crippen molar-refractivity contribution in [2.45, 2.75) is 32.8 Å². The zero-order chi connectivity index (χ0) is 10.3. The molecule has 14 heavy (non-hydrogen) atoms. The van der Waals surface area contributed by atoms with Gasteiger partial charge in [-0.05, 0) is 23.8 Å². The molecule has 1 heterocycles. The van der Waals surface area contributed by atoms with Gasteiger partial charge in [0.25, 0.3) is 0 Å². The molecule has 0 bridgehead atoms. The molecule has 1 fully saturated rings. The first-order valence-corrected chi connectivity index (χ1v) is 5.03. The molecule has 0 radical (unpaired) electrons. The van der Waals surface area contributed by atoms with Crippen LogP contribution in [0.1, 0.15) is 26.7 Å². The van der Waals surface area contributed by atoms with Crippen molar-refractivity contribution in [1.29, 1.82) is 0 Å². The van der Waals surface area contributed by atoms with Gasteiger partial charge < -0.3 is 9.84 Å². The highest BCUT2D eigenvalue weighted by Crippen LogP contribution is 2.44. The largest absolute Gasteiger partial charge is 0.458 e. The van der Waals surface area contributed by atoms with Crippen molar-refractivity contribution in [2.24, 2.45) is 11.3 Å². The maximum absolute atomic E-state index is 10.9. The molecule has 1 N–H and O–H groups in total. The molecule has 2 atom stereocenters. The average Bonchev–Trinajstić information content (AvgIpc) is 2.55. The van der Waals surface area contributed by atoms with Gasteiger partial charge in [-0.2, -0.15) is 0 Å². The summed E-state index contributed by atoms with van der Waals surface area (Å²) in [4.78, 5) is 10.9. The molecule has 0 amide bonds. The topological polar surface area (TPSA) is 46.5 Å². The van der Waals surface area contributed by atoms with Gasteiger partial charge >= 0.3 is 5.97 Å². The van der Waals surface area contributed by atoms with Crippen LogP contribution >= 0.6 is 0 Å². The van der Waals surface area contributed by atoms with E-state index in [4.69, 9.17) is 4.74 Å². The van der Waals surface area contributed by atoms with Gasteiger partial charge in [0.05, 0.1) is 6.10 Å². The number of hydrogen-bond acceptors (Lipinski definition) is 3. The van der Waals surface area contributed by atoms with E-state index in [1.165, 1.54) is 6.08 Å². The Morgan fingerprint density at radius 1 is 1.50 bits per heavy atom. The molecule has 0 aromatic heterocycles. The number of carbonyl (C=O) groups is 1. The van der Waals surface area contributed by atoms with Crippen LogP contribution in [0.4, 0.5) is 0 Å². The minimum absolute atomic E-state index is 0.122. The third-order valence-electron chi connectivity index (χ3n) is 3.16. The molecule has 2 rings (SSSR count). The smallest absolute Gasteiger partial charge is 0.331 e. The Hall–Kier alpha value is -0.830. The number of hydrogen-bond donors (Lipinski definition) is 1. The van der Waals surface area contributed by atoms with Crippen LogP contribution in [-0.2, 0) is 9.53 Å². The Morgan fingerprint density at radius 2 is 2.21 bits per heavy atom. The molecule has 0 saturated heterocycles. The Bertz CT molecular complexity index is 291. The second-order valence-electron chi connectivity index (χ2n) is 5.07. The lowest BCUT2D eigenvalue weighted by Crippen LogP contribution is -2.16. The maximum Gasteiger partial charge on any atom is 0.331 e. The van der Waals surface area contributed by atoms with Crippen LogP contribution in [-0.4, -0.2) is 23.8 Å². The molecular formula is C11H16O3. The van der Waals surface area contributed by atoms with E-state index in [0.717, 1.165) is 18.4 Å². The van der Waals surface area contributed by atoms with E-state index in [1.54, 1.807) is 0 Å². The summed E-state index contributed by atoms with van der Waals surface area (Å²) >= 11 is 0. The Kier molecular flexibility index (Phi) is 2.14. The quantitative estimate of drug-likeness (QED) is 0.642. The Balaban J connectivity index is 2.13. The van der Waals surface area contributed by atoms with Gasteiger partial charge in [-0.25, -0.2) is 4.79 Å². The highest BCUT2D eigenvalue weighted by Gasteiger charge is 2.41. The van der Waals surface area contributed by atoms with Gasteiger partial charge in [0.2, 0.25) is 0 Å². The minimum atomic E-state index is -0.314. The van der Waals surface area contributed by atoms with Crippen molar-refractivity contribution in [3.8, 4) is 0 Å². The van der Waals surface area contributed by atoms with Gasteiger partial charge in [0, 0.05) is 12.0 Å². The number of ether oxygens (including phenoxy) is 1. The normalized spacial score (nSPS) is 35.6. The van der Waals surface area contributed by atoms with Crippen LogP contribution in [0.25, 0.3) is 0 Å². The number of aliphatic hydroxyl groups excluding tert-OH is 1. The fourth-order valence-electron chi connectivity index (χ4n) is 2.50. The van der Waals surface area contributed by atoms with Gasteiger partial charge in [-0.3, -0.25) is 0 Å². The molecule has 1 aliphatic heterocycles. The first kappa shape index (κ1) is 9.71. The van der Waals surface area contributed by atoms with Crippen LogP contribution in [0.15, 0.2) is 11.6 Å². The van der Waals surface area contributed by atoms with E-state index in [0.29, 0.717) is 6.61 Å². The molecule has 3 heteroatoms. The fourth-order valence-corrected chi connectivity index (χ4v) is 2.50. The SMILES string of the molecule is CC1(C)CC(O)C(C2=CC(=O)OC2)C1. The Labute approximate surface area is 83.8 Å². The number of aliphatic hydroxyl groups is 1. The molecule has 2 aliphatic rings. The molecule has 0 spiro atoms. The predicted molar refractivity (Wildman–Crippen MR) is 51.6 cm³/mol. The summed E-state index contributed by atoms with van der Waals surface area (Å²) in [5.74, 6) is -0.145. The van der Waals surface area contributed by atoms with Gasteiger partial charge in [-0.15, -0.1) is 0 Å². The molecule has 1 aliphatic carbocycles. The minimum Gasteiger partial charge on any atom is -0.458 e. The zero-order valence-corrected chi connectivity index (χ0v) is 8.62. The highest BCUT2D eigenvalue weighted by molar-refractivity contribution is 5.85. The van der Waals surface area contributed by atoms with E-state index < -0.39 is 0 Å². The molecule has 0 aromatic carbocycles. The van der Waals surface area contributed by atoms with Crippen molar-refractivity contribution in [2.75, 3.05) is 6.61 Å². The third kappa shape index (κ3) is 1.69. The number of carbonyl (C=O) groups excluding carboxylic acids is 1. The summed E-state index contributed by atoms with van der Waals surface area (Å²) in [5.41, 5.74) is 1.14. The van der Waals surface area contributed by atoms with E-state index in [9.17, 15) is 9.90 Å². The Morgan fingerprint density at radius 3 is 2.64 bits per heavy atom. The van der Waals surface area contributed by atoms with Crippen LogP contribution < -0.4 is 0 Å². The van der Waals surface area contributed by atoms with Gasteiger partial charge in [0.15, 0.2) is 0 Å². The lowest BCUT2D eigenvalue weighted by molar-refractivity contribution is -0.135. The van der Waals surface area contributed by atoms with E-state index in [1.807, 2.05) is 0 Å². The first-order valence-electron chi connectivity index (χ1n) is 5.03. The fraction of sp³-hybridized carbons (Fsp3) is 0.727. The van der Waals surface area contributed by atoms with E-state index in [2.05, 4.69) is 13.8 Å². The van der Waals surface area contributed by atoms with Crippen molar-refractivity contribution in [3.05, 3.63) is 11.6 Å². The molecule has 2 unspecified atom stereocenters. The van der Waals surface area contributed by atoms with Crippen LogP contribution in [0.2, 0.25) is 0 Å². The van der Waals surface area contributed by atoms with Crippen LogP contribution in [0.3, 0.4) is 0 Å².